The SMILES string of the molecule is CO[C@H]1C[C@@H](N=[N+]=[N-])[C@@H](OS(C)(=O)=O)[C@@H](C)O1. The van der Waals surface area contributed by atoms with E-state index in [1.165, 1.54) is 7.11 Å². The number of nitrogens with zero attached hydrogens (tertiary/aromatic N) is 3. The van der Waals surface area contributed by atoms with E-state index in [-0.39, 0.29) is 6.42 Å². The molecule has 0 bridgehead atoms. The van der Waals surface area contributed by atoms with Gasteiger partial charge in [0.25, 0.3) is 10.1 Å². The lowest BCUT2D eigenvalue weighted by Gasteiger charge is -2.36. The highest BCUT2D eigenvalue weighted by Crippen LogP contribution is 2.26. The standard InChI is InChI=1S/C8H15N3O5S/c1-5-8(16-17(3,12)13)6(10-11-9)4-7(14-2)15-5/h5-8H,4H2,1-3H3/t5-,6-,7-,8+/m1/s1. The zero-order valence-corrected chi connectivity index (χ0v) is 10.6. The topological polar surface area (TPSA) is 111 Å². The summed E-state index contributed by atoms with van der Waals surface area (Å²) in [6, 6.07) is -0.636. The molecular formula is C8H15N3O5S. The summed E-state index contributed by atoms with van der Waals surface area (Å²) in [5.74, 6) is 0. The summed E-state index contributed by atoms with van der Waals surface area (Å²) < 4.78 is 37.5. The highest BCUT2D eigenvalue weighted by atomic mass is 32.2. The summed E-state index contributed by atoms with van der Waals surface area (Å²) in [5, 5.41) is 3.53. The minimum Gasteiger partial charge on any atom is -0.356 e. The molecule has 1 fully saturated rings. The van der Waals surface area contributed by atoms with Crippen LogP contribution in [0.2, 0.25) is 0 Å². The van der Waals surface area contributed by atoms with E-state index in [1.807, 2.05) is 0 Å². The zero-order valence-electron chi connectivity index (χ0n) is 9.81. The van der Waals surface area contributed by atoms with Crippen molar-refractivity contribution in [1.82, 2.24) is 0 Å². The highest BCUT2D eigenvalue weighted by Gasteiger charge is 2.39. The molecule has 1 saturated heterocycles. The molecule has 1 rings (SSSR count). The van der Waals surface area contributed by atoms with Gasteiger partial charge in [-0.2, -0.15) is 8.42 Å². The molecule has 17 heavy (non-hydrogen) atoms. The number of ether oxygens (including phenoxy) is 2. The van der Waals surface area contributed by atoms with Gasteiger partial charge in [0.1, 0.15) is 6.10 Å². The normalized spacial score (nSPS) is 34.1. The van der Waals surface area contributed by atoms with Crippen molar-refractivity contribution < 1.29 is 22.1 Å². The van der Waals surface area contributed by atoms with Gasteiger partial charge >= 0.3 is 0 Å². The van der Waals surface area contributed by atoms with Crippen molar-refractivity contribution in [2.45, 2.75) is 37.9 Å². The number of rotatable bonds is 4. The van der Waals surface area contributed by atoms with Crippen LogP contribution in [0.1, 0.15) is 13.3 Å². The molecule has 0 aromatic carbocycles. The van der Waals surface area contributed by atoms with Crippen LogP contribution in [0.15, 0.2) is 5.11 Å². The van der Waals surface area contributed by atoms with Crippen LogP contribution in [0, 0.1) is 0 Å². The molecule has 9 heteroatoms. The van der Waals surface area contributed by atoms with Gasteiger partial charge in [-0.25, -0.2) is 0 Å². The minimum atomic E-state index is -3.64. The Morgan fingerprint density at radius 3 is 2.65 bits per heavy atom. The molecule has 0 aromatic rings. The maximum absolute atomic E-state index is 11.1. The van der Waals surface area contributed by atoms with Gasteiger partial charge in [-0.1, -0.05) is 5.11 Å². The summed E-state index contributed by atoms with van der Waals surface area (Å²) in [6.45, 7) is 1.64. The predicted molar refractivity (Wildman–Crippen MR) is 58.6 cm³/mol. The molecule has 0 unspecified atom stereocenters. The van der Waals surface area contributed by atoms with E-state index in [1.54, 1.807) is 6.92 Å². The third kappa shape index (κ3) is 4.14. The molecule has 0 amide bonds. The first-order chi connectivity index (χ1) is 7.87. The Labute approximate surface area is 99.6 Å². The maximum atomic E-state index is 11.1. The number of azide groups is 1. The van der Waals surface area contributed by atoms with Crippen LogP contribution in [0.3, 0.4) is 0 Å². The van der Waals surface area contributed by atoms with Crippen molar-refractivity contribution in [3.8, 4) is 0 Å². The third-order valence-corrected chi connectivity index (χ3v) is 2.96. The summed E-state index contributed by atoms with van der Waals surface area (Å²) in [7, 11) is -2.18. The summed E-state index contributed by atoms with van der Waals surface area (Å²) in [6.07, 6.45) is -0.702. The van der Waals surface area contributed by atoms with Crippen molar-refractivity contribution in [3.63, 3.8) is 0 Å². The van der Waals surface area contributed by atoms with Crippen molar-refractivity contribution >= 4 is 10.1 Å². The molecule has 8 nitrogen and oxygen atoms in total. The molecule has 1 aliphatic rings. The Morgan fingerprint density at radius 1 is 1.53 bits per heavy atom. The second-order valence-corrected chi connectivity index (χ2v) is 5.38. The molecule has 0 aliphatic carbocycles. The van der Waals surface area contributed by atoms with E-state index < -0.39 is 34.7 Å². The first kappa shape index (κ1) is 14.2. The second kappa shape index (κ2) is 5.65. The Hall–Kier alpha value is -0.860. The van der Waals surface area contributed by atoms with Crippen LogP contribution in [-0.4, -0.2) is 46.3 Å². The van der Waals surface area contributed by atoms with Crippen molar-refractivity contribution in [3.05, 3.63) is 10.4 Å². The van der Waals surface area contributed by atoms with Crippen molar-refractivity contribution in [2.75, 3.05) is 13.4 Å². The van der Waals surface area contributed by atoms with E-state index in [9.17, 15) is 8.42 Å². The Kier molecular flexibility index (Phi) is 4.72. The Morgan fingerprint density at radius 2 is 2.18 bits per heavy atom. The molecule has 0 spiro atoms. The fourth-order valence-corrected chi connectivity index (χ4v) is 2.38. The smallest absolute Gasteiger partial charge is 0.264 e. The number of hydrogen-bond donors (Lipinski definition) is 0. The van der Waals surface area contributed by atoms with E-state index >= 15 is 0 Å². The predicted octanol–water partition coefficient (Wildman–Crippen LogP) is 0.791. The molecule has 0 aromatic heterocycles. The van der Waals surface area contributed by atoms with Crippen molar-refractivity contribution in [2.24, 2.45) is 5.11 Å². The van der Waals surface area contributed by atoms with Crippen LogP contribution in [0.4, 0.5) is 0 Å². The molecule has 1 aliphatic heterocycles. The largest absolute Gasteiger partial charge is 0.356 e. The van der Waals surface area contributed by atoms with E-state index in [0.717, 1.165) is 6.26 Å². The quantitative estimate of drug-likeness (QED) is 0.323. The second-order valence-electron chi connectivity index (χ2n) is 3.78. The lowest BCUT2D eigenvalue weighted by atomic mass is 10.0. The molecule has 1 heterocycles. The Bertz CT molecular complexity index is 405. The van der Waals surface area contributed by atoms with Crippen LogP contribution in [0.25, 0.3) is 10.4 Å². The van der Waals surface area contributed by atoms with Crippen LogP contribution >= 0.6 is 0 Å². The number of methoxy groups -OCH3 is 1. The fourth-order valence-electron chi connectivity index (χ4n) is 1.69. The average molecular weight is 265 g/mol. The zero-order chi connectivity index (χ0) is 13.1. The van der Waals surface area contributed by atoms with Crippen LogP contribution in [-0.2, 0) is 23.8 Å². The van der Waals surface area contributed by atoms with Gasteiger partial charge in [0.2, 0.25) is 0 Å². The molecule has 0 saturated carbocycles. The van der Waals surface area contributed by atoms with Gasteiger partial charge in [0, 0.05) is 18.4 Å². The Balaban J connectivity index is 2.87. The molecule has 98 valence electrons. The third-order valence-electron chi connectivity index (χ3n) is 2.39. The molecule has 0 N–H and O–H groups in total. The average Bonchev–Trinajstić information content (AvgIpc) is 2.21. The summed E-state index contributed by atoms with van der Waals surface area (Å²) in [4.78, 5) is 2.68. The van der Waals surface area contributed by atoms with Crippen LogP contribution in [0.5, 0.6) is 0 Å². The van der Waals surface area contributed by atoms with Gasteiger partial charge in [-0.15, -0.1) is 0 Å². The molecule has 4 atom stereocenters. The summed E-state index contributed by atoms with van der Waals surface area (Å²) >= 11 is 0. The van der Waals surface area contributed by atoms with Gasteiger partial charge in [0.05, 0.1) is 18.4 Å². The molecular weight excluding hydrogens is 250 g/mol. The number of hydrogen-bond acceptors (Lipinski definition) is 6. The monoisotopic (exact) mass is 265 g/mol. The van der Waals surface area contributed by atoms with Gasteiger partial charge in [-0.05, 0) is 12.5 Å². The van der Waals surface area contributed by atoms with Gasteiger partial charge in [0.15, 0.2) is 6.29 Å². The first-order valence-corrected chi connectivity index (χ1v) is 6.79. The lowest BCUT2D eigenvalue weighted by molar-refractivity contribution is -0.206. The maximum Gasteiger partial charge on any atom is 0.264 e. The first-order valence-electron chi connectivity index (χ1n) is 4.98. The minimum absolute atomic E-state index is 0.255. The van der Waals surface area contributed by atoms with Gasteiger partial charge < -0.3 is 9.47 Å². The van der Waals surface area contributed by atoms with Gasteiger partial charge in [-0.3, -0.25) is 4.18 Å². The molecule has 0 radical (unpaired) electrons. The van der Waals surface area contributed by atoms with E-state index in [4.69, 9.17) is 19.2 Å². The fraction of sp³-hybridized carbons (Fsp3) is 1.00. The van der Waals surface area contributed by atoms with Crippen molar-refractivity contribution in [1.29, 1.82) is 0 Å². The van der Waals surface area contributed by atoms with E-state index in [0.29, 0.717) is 0 Å². The van der Waals surface area contributed by atoms with Crippen LogP contribution < -0.4 is 0 Å². The lowest BCUT2D eigenvalue weighted by Crippen LogP contribution is -2.48. The summed E-state index contributed by atoms with van der Waals surface area (Å²) in [5.41, 5.74) is 8.45. The van der Waals surface area contributed by atoms with E-state index in [2.05, 4.69) is 10.0 Å². The highest BCUT2D eigenvalue weighted by molar-refractivity contribution is 7.86.